The van der Waals surface area contributed by atoms with Gasteiger partial charge in [0.1, 0.15) is 0 Å². The Labute approximate surface area is 365 Å². The maximum atomic E-state index is 2.55. The Morgan fingerprint density at radius 1 is 0.368 bits per heavy atom. The van der Waals surface area contributed by atoms with Crippen molar-refractivity contribution in [3.05, 3.63) is 71.8 Å². The molecule has 4 unspecified atom stereocenters. The van der Waals surface area contributed by atoms with E-state index in [0.29, 0.717) is 12.1 Å². The van der Waals surface area contributed by atoms with E-state index in [1.165, 1.54) is 116 Å². The number of benzene rings is 2. The largest absolute Gasteiger partial charge is 0.302 e. The third-order valence-corrected chi connectivity index (χ3v) is 24.3. The Bertz CT molecular complexity index is 1220. The number of hydrogen-bond acceptors (Lipinski definition) is 2. The number of nitrogens with zero attached hydrogens (tertiary/aromatic N) is 2. The average molecular weight is 855 g/mol. The van der Waals surface area contributed by atoms with Gasteiger partial charge >= 0.3 is 0 Å². The van der Waals surface area contributed by atoms with Crippen LogP contribution in [-0.2, 0) is 17.1 Å². The predicted molar refractivity (Wildman–Crippen MR) is 249 cm³/mol. The third kappa shape index (κ3) is 12.0. The molecule has 0 N–H and O–H groups in total. The van der Waals surface area contributed by atoms with Crippen LogP contribution in [0.4, 0.5) is 0 Å². The van der Waals surface area contributed by atoms with Crippen molar-refractivity contribution in [2.75, 3.05) is 28.2 Å². The van der Waals surface area contributed by atoms with Crippen LogP contribution in [0.3, 0.4) is 0 Å². The molecule has 0 aliphatic heterocycles. The summed E-state index contributed by atoms with van der Waals surface area (Å²) in [6, 6.07) is 24.2. The van der Waals surface area contributed by atoms with E-state index in [-0.39, 0.29) is 32.9 Å². The summed E-state index contributed by atoms with van der Waals surface area (Å²) in [5.74, 6) is 1.76. The molecule has 0 saturated heterocycles. The molecule has 2 aromatic carbocycles. The van der Waals surface area contributed by atoms with Crippen LogP contribution in [0, 0.1) is 11.8 Å². The molecule has 8 rings (SSSR count). The Morgan fingerprint density at radius 2 is 0.649 bits per heavy atom. The van der Waals surface area contributed by atoms with E-state index in [0.717, 1.165) is 45.8 Å². The number of rotatable bonds is 12. The zero-order valence-electron chi connectivity index (χ0n) is 37.1. The van der Waals surface area contributed by atoms with E-state index in [1.807, 2.05) is 0 Å². The molecule has 6 fully saturated rings. The molecule has 0 aromatic heterocycles. The molecule has 0 spiro atoms. The minimum Gasteiger partial charge on any atom is -0.302 e. The molecule has 6 saturated carbocycles. The second kappa shape index (κ2) is 23.8. The summed E-state index contributed by atoms with van der Waals surface area (Å²) in [5.41, 5.74) is 9.54. The Morgan fingerprint density at radius 3 is 0.912 bits per heavy atom. The molecule has 5 heteroatoms. The topological polar surface area (TPSA) is 6.48 Å². The first kappa shape index (κ1) is 46.2. The van der Waals surface area contributed by atoms with Crippen LogP contribution in [0.1, 0.15) is 190 Å². The normalized spacial score (nSPS) is 28.4. The van der Waals surface area contributed by atoms with Crippen molar-refractivity contribution in [1.29, 1.82) is 0 Å². The molecule has 6 aliphatic carbocycles. The van der Waals surface area contributed by atoms with Crippen LogP contribution in [0.25, 0.3) is 0 Å². The van der Waals surface area contributed by atoms with Gasteiger partial charge in [-0.3, -0.25) is 0 Å². The molecule has 320 valence electrons. The van der Waals surface area contributed by atoms with Crippen molar-refractivity contribution in [3.63, 3.8) is 0 Å². The monoisotopic (exact) mass is 855 g/mol. The first-order chi connectivity index (χ1) is 27.5. The van der Waals surface area contributed by atoms with Gasteiger partial charge in [-0.25, -0.2) is 0 Å². The minimum absolute atomic E-state index is 0. The van der Waals surface area contributed by atoms with Gasteiger partial charge < -0.3 is 9.80 Å². The van der Waals surface area contributed by atoms with Gasteiger partial charge in [-0.1, -0.05) is 166 Å². The van der Waals surface area contributed by atoms with E-state index in [9.17, 15) is 0 Å². The molecule has 0 bridgehead atoms. The first-order valence-corrected chi connectivity index (χ1v) is 27.6. The van der Waals surface area contributed by atoms with Gasteiger partial charge in [0.05, 0.1) is 0 Å². The summed E-state index contributed by atoms with van der Waals surface area (Å²) in [6.45, 7) is 0. The average Bonchev–Trinajstić information content (AvgIpc) is 3.91. The third-order valence-electron chi connectivity index (χ3n) is 16.0. The van der Waals surface area contributed by atoms with Crippen LogP contribution in [0.5, 0.6) is 0 Å². The van der Waals surface area contributed by atoms with Gasteiger partial charge in [0.15, 0.2) is 0 Å². The van der Waals surface area contributed by atoms with Crippen LogP contribution < -0.4 is 0 Å². The molecular weight excluding hydrogens is 770 g/mol. The summed E-state index contributed by atoms with van der Waals surface area (Å²) in [5, 5.41) is 0. The summed E-state index contributed by atoms with van der Waals surface area (Å²) < 4.78 is 0. The van der Waals surface area contributed by atoms with Gasteiger partial charge in [-0.15, -0.1) is 0 Å². The van der Waals surface area contributed by atoms with Crippen molar-refractivity contribution in [2.24, 2.45) is 11.8 Å². The van der Waals surface area contributed by atoms with Crippen molar-refractivity contribution >= 4 is 15.8 Å². The zero-order valence-corrected chi connectivity index (χ0v) is 40.0. The van der Waals surface area contributed by atoms with E-state index in [4.69, 9.17) is 0 Å². The zero-order chi connectivity index (χ0) is 38.7. The quantitative estimate of drug-likeness (QED) is 0.155. The van der Waals surface area contributed by atoms with Gasteiger partial charge in [0.2, 0.25) is 0 Å². The van der Waals surface area contributed by atoms with Crippen LogP contribution in [-0.4, -0.2) is 71.9 Å². The van der Waals surface area contributed by atoms with E-state index in [1.54, 1.807) is 62.5 Å². The molecule has 2 aromatic rings. The SMILES string of the molecule is CN(C)[C@H](c1ccccc1)C1CCCC1P(C1CCCCC1)C1CCCCC1.CN(C)[C@H](c1ccccc1)C1CCCC1P(C1CCCCC1)C1CCCCC1.[Fe]. The Kier molecular flexibility index (Phi) is 19.3. The summed E-state index contributed by atoms with van der Waals surface area (Å²) in [4.78, 5) is 5.10. The van der Waals surface area contributed by atoms with E-state index in [2.05, 4.69) is 98.7 Å². The molecule has 57 heavy (non-hydrogen) atoms. The fraction of sp³-hybridized carbons (Fsp3) is 0.769. The predicted octanol–water partition coefficient (Wildman–Crippen LogP) is 15.2. The molecule has 0 amide bonds. The minimum atomic E-state index is 0. The molecule has 2 nitrogen and oxygen atoms in total. The Balaban J connectivity index is 0.000000189. The van der Waals surface area contributed by atoms with Crippen molar-refractivity contribution in [3.8, 4) is 0 Å². The Hall–Kier alpha value is -0.261. The van der Waals surface area contributed by atoms with E-state index >= 15 is 0 Å². The van der Waals surface area contributed by atoms with Gasteiger partial charge in [-0.2, -0.15) is 0 Å². The maximum absolute atomic E-state index is 2.55. The first-order valence-electron chi connectivity index (χ1n) is 24.5. The standard InChI is InChI=1S/2C26H42NP.Fe/c2*1-27(2)26(21-13-6-3-7-14-21)24-19-12-20-25(24)28(22-15-8-4-9-16-22)23-17-10-5-11-18-23;/h2*3,6-7,13-14,22-26H,4-5,8-12,15-20H2,1-2H3;/t2*24?,25?,26-;/m11./s1. The van der Waals surface area contributed by atoms with Crippen molar-refractivity contribution in [2.45, 2.75) is 213 Å². The second-order valence-electron chi connectivity index (χ2n) is 20.0. The van der Waals surface area contributed by atoms with Crippen LogP contribution in [0.2, 0.25) is 0 Å². The van der Waals surface area contributed by atoms with Gasteiger partial charge in [0, 0.05) is 29.2 Å². The van der Waals surface area contributed by atoms with Crippen LogP contribution in [0.15, 0.2) is 60.7 Å². The molecule has 6 aliphatic rings. The second-order valence-corrected chi connectivity index (χ2v) is 26.1. The number of hydrogen-bond donors (Lipinski definition) is 0. The molecule has 6 atom stereocenters. The summed E-state index contributed by atoms with van der Waals surface area (Å²) >= 11 is 0. The van der Waals surface area contributed by atoms with Crippen LogP contribution >= 0.6 is 15.8 Å². The van der Waals surface area contributed by atoms with Gasteiger partial charge in [-0.05, 0) is 162 Å². The van der Waals surface area contributed by atoms with E-state index < -0.39 is 0 Å². The van der Waals surface area contributed by atoms with Crippen molar-refractivity contribution in [1.82, 2.24) is 9.80 Å². The van der Waals surface area contributed by atoms with Gasteiger partial charge in [0.25, 0.3) is 0 Å². The molecule has 0 radical (unpaired) electrons. The fourth-order valence-electron chi connectivity index (χ4n) is 13.8. The molecular formula is C52H84FeN2P2. The smallest absolute Gasteiger partial charge is 0.0376 e. The molecule has 0 heterocycles. The summed E-state index contributed by atoms with van der Waals surface area (Å²) in [7, 11) is 9.70. The summed E-state index contributed by atoms with van der Waals surface area (Å²) in [6.07, 6.45) is 39.5. The van der Waals surface area contributed by atoms with Crippen molar-refractivity contribution < 1.29 is 17.1 Å². The fourth-order valence-corrected chi connectivity index (χ4v) is 23.4. The maximum Gasteiger partial charge on any atom is 0.0376 e.